The molecule has 0 aliphatic heterocycles. The van der Waals surface area contributed by atoms with Crippen LogP contribution in [0.1, 0.15) is 36.2 Å². The second-order valence-corrected chi connectivity index (χ2v) is 8.16. The van der Waals surface area contributed by atoms with E-state index in [0.29, 0.717) is 5.56 Å². The molecule has 1 amide bonds. The zero-order valence-electron chi connectivity index (χ0n) is 18.7. The van der Waals surface area contributed by atoms with Crippen LogP contribution in [0.2, 0.25) is 0 Å². The number of amides is 1. The minimum Gasteiger partial charge on any atom is -0.491 e. The highest BCUT2D eigenvalue weighted by Gasteiger charge is 2.12. The van der Waals surface area contributed by atoms with Gasteiger partial charge in [0, 0.05) is 11.3 Å². The zero-order chi connectivity index (χ0) is 23.4. The number of nitrogens with zero attached hydrogens (tertiary/aromatic N) is 3. The highest BCUT2D eigenvalue weighted by atomic mass is 32.1. The number of para-hydroxylation sites is 1. The Bertz CT molecular complexity index is 1290. The van der Waals surface area contributed by atoms with E-state index in [-0.39, 0.29) is 17.1 Å². The van der Waals surface area contributed by atoms with E-state index in [0.717, 1.165) is 40.1 Å². The summed E-state index contributed by atoms with van der Waals surface area (Å²) in [6, 6.07) is 20.5. The van der Waals surface area contributed by atoms with Crippen LogP contribution in [-0.2, 0) is 0 Å². The molecular weight excluding hydrogens is 434 g/mol. The minimum absolute atomic E-state index is 0.122. The molecular formula is C25H25N5O2S. The van der Waals surface area contributed by atoms with Gasteiger partial charge in [0.25, 0.3) is 5.91 Å². The number of hydrogen-bond donors (Lipinski definition) is 2. The third-order valence-corrected chi connectivity index (χ3v) is 5.42. The first-order valence-electron chi connectivity index (χ1n) is 10.7. The first-order valence-corrected chi connectivity index (χ1v) is 11.2. The van der Waals surface area contributed by atoms with E-state index >= 15 is 0 Å². The lowest BCUT2D eigenvalue weighted by Crippen LogP contribution is -2.34. The first kappa shape index (κ1) is 22.4. The lowest BCUT2D eigenvalue weighted by molar-refractivity contribution is 0.0977. The standard InChI is InChI=1S/C25H25N5O2S/c1-4-17(3)32-20-12-10-18(11-13-20)24(31)27-25(33)26-21-15-23-22(14-16(21)2)28-30(29-23)19-8-6-5-7-9-19/h5-15,17H,4H2,1-3H3,(H2,26,27,31,33)/t17-/m1/s1. The maximum atomic E-state index is 12.6. The van der Waals surface area contributed by atoms with Crippen molar-refractivity contribution in [3.05, 3.63) is 77.9 Å². The van der Waals surface area contributed by atoms with Gasteiger partial charge in [-0.2, -0.15) is 4.80 Å². The summed E-state index contributed by atoms with van der Waals surface area (Å²) in [7, 11) is 0. The summed E-state index contributed by atoms with van der Waals surface area (Å²) >= 11 is 5.37. The quantitative estimate of drug-likeness (QED) is 0.394. The van der Waals surface area contributed by atoms with Crippen LogP contribution in [0.3, 0.4) is 0 Å². The van der Waals surface area contributed by atoms with E-state index in [1.165, 1.54) is 0 Å². The van der Waals surface area contributed by atoms with Crippen molar-refractivity contribution in [1.29, 1.82) is 0 Å². The summed E-state index contributed by atoms with van der Waals surface area (Å²) in [5.74, 6) is 0.436. The van der Waals surface area contributed by atoms with Gasteiger partial charge < -0.3 is 10.1 Å². The number of carbonyl (C=O) groups is 1. The zero-order valence-corrected chi connectivity index (χ0v) is 19.5. The summed E-state index contributed by atoms with van der Waals surface area (Å²) in [5.41, 5.74) is 4.56. The van der Waals surface area contributed by atoms with E-state index in [1.54, 1.807) is 29.1 Å². The van der Waals surface area contributed by atoms with Gasteiger partial charge in [-0.1, -0.05) is 25.1 Å². The number of anilines is 1. The topological polar surface area (TPSA) is 81.1 Å². The fourth-order valence-electron chi connectivity index (χ4n) is 3.21. The van der Waals surface area contributed by atoms with E-state index in [2.05, 4.69) is 27.8 Å². The molecule has 8 heteroatoms. The number of hydrogen-bond acceptors (Lipinski definition) is 5. The Morgan fingerprint density at radius 3 is 2.39 bits per heavy atom. The van der Waals surface area contributed by atoms with Crippen LogP contribution >= 0.6 is 12.2 Å². The lowest BCUT2D eigenvalue weighted by atomic mass is 10.2. The van der Waals surface area contributed by atoms with E-state index in [9.17, 15) is 4.79 Å². The van der Waals surface area contributed by atoms with Gasteiger partial charge in [0.2, 0.25) is 0 Å². The Labute approximate surface area is 197 Å². The maximum Gasteiger partial charge on any atom is 0.257 e. The molecule has 0 radical (unpaired) electrons. The third kappa shape index (κ3) is 5.35. The van der Waals surface area contributed by atoms with Gasteiger partial charge in [-0.15, -0.1) is 10.2 Å². The molecule has 168 valence electrons. The number of benzene rings is 3. The molecule has 0 aliphatic rings. The monoisotopic (exact) mass is 459 g/mol. The molecule has 1 aromatic heterocycles. The van der Waals surface area contributed by atoms with Crippen LogP contribution in [0.5, 0.6) is 5.75 Å². The number of aromatic nitrogens is 3. The molecule has 0 fully saturated rings. The van der Waals surface area contributed by atoms with Crippen molar-refractivity contribution in [2.24, 2.45) is 0 Å². The Kier molecular flexibility index (Phi) is 6.65. The molecule has 3 aromatic carbocycles. The first-order chi connectivity index (χ1) is 15.9. The fraction of sp³-hybridized carbons (Fsp3) is 0.200. The summed E-state index contributed by atoms with van der Waals surface area (Å²) < 4.78 is 5.75. The lowest BCUT2D eigenvalue weighted by Gasteiger charge is -2.13. The van der Waals surface area contributed by atoms with Crippen molar-refractivity contribution in [3.8, 4) is 11.4 Å². The summed E-state index contributed by atoms with van der Waals surface area (Å²) in [4.78, 5) is 14.2. The van der Waals surface area contributed by atoms with Gasteiger partial charge in [-0.25, -0.2) is 0 Å². The molecule has 7 nitrogen and oxygen atoms in total. The largest absolute Gasteiger partial charge is 0.491 e. The molecule has 0 aliphatic carbocycles. The Morgan fingerprint density at radius 2 is 1.73 bits per heavy atom. The highest BCUT2D eigenvalue weighted by Crippen LogP contribution is 2.22. The molecule has 4 aromatic rings. The summed E-state index contributed by atoms with van der Waals surface area (Å²) in [6.45, 7) is 6.02. The average molecular weight is 460 g/mol. The van der Waals surface area contributed by atoms with Crippen molar-refractivity contribution in [3.63, 3.8) is 0 Å². The molecule has 0 saturated carbocycles. The second kappa shape index (κ2) is 9.79. The Morgan fingerprint density at radius 1 is 1.06 bits per heavy atom. The molecule has 1 atom stereocenters. The van der Waals surface area contributed by atoms with Gasteiger partial charge in [0.05, 0.1) is 11.8 Å². The normalized spacial score (nSPS) is 11.7. The average Bonchev–Trinajstić information content (AvgIpc) is 3.23. The number of nitrogens with one attached hydrogen (secondary N) is 2. The number of rotatable bonds is 6. The minimum atomic E-state index is -0.295. The van der Waals surface area contributed by atoms with Gasteiger partial charge in [0.15, 0.2) is 5.11 Å². The molecule has 33 heavy (non-hydrogen) atoms. The predicted octanol–water partition coefficient (Wildman–Crippen LogP) is 5.03. The van der Waals surface area contributed by atoms with E-state index in [4.69, 9.17) is 17.0 Å². The van der Waals surface area contributed by atoms with Crippen LogP contribution in [0.25, 0.3) is 16.7 Å². The summed E-state index contributed by atoms with van der Waals surface area (Å²) in [5, 5.41) is 15.1. The Hall–Kier alpha value is -3.78. The number of aryl methyl sites for hydroxylation is 1. The van der Waals surface area contributed by atoms with Crippen LogP contribution in [-0.4, -0.2) is 32.1 Å². The van der Waals surface area contributed by atoms with Crippen LogP contribution in [0.4, 0.5) is 5.69 Å². The SMILES string of the molecule is CC[C@@H](C)Oc1ccc(C(=O)NC(=S)Nc2cc3nn(-c4ccccc4)nc3cc2C)cc1. The van der Waals surface area contributed by atoms with Crippen molar-refractivity contribution >= 4 is 40.0 Å². The molecule has 0 spiro atoms. The fourth-order valence-corrected chi connectivity index (χ4v) is 3.41. The number of carbonyl (C=O) groups excluding carboxylic acids is 1. The molecule has 0 unspecified atom stereocenters. The van der Waals surface area contributed by atoms with Crippen LogP contribution < -0.4 is 15.4 Å². The molecule has 4 rings (SSSR count). The third-order valence-electron chi connectivity index (χ3n) is 5.22. The van der Waals surface area contributed by atoms with E-state index < -0.39 is 0 Å². The van der Waals surface area contributed by atoms with Crippen molar-refractivity contribution < 1.29 is 9.53 Å². The summed E-state index contributed by atoms with van der Waals surface area (Å²) in [6.07, 6.45) is 1.03. The van der Waals surface area contributed by atoms with Crippen molar-refractivity contribution in [2.45, 2.75) is 33.3 Å². The number of ether oxygens (including phenoxy) is 1. The maximum absolute atomic E-state index is 12.6. The molecule has 0 bridgehead atoms. The number of fused-ring (bicyclic) bond motifs is 1. The molecule has 2 N–H and O–H groups in total. The van der Waals surface area contributed by atoms with Gasteiger partial charge in [-0.3, -0.25) is 10.1 Å². The Balaban J connectivity index is 1.44. The molecule has 1 heterocycles. The molecule has 0 saturated heterocycles. The second-order valence-electron chi connectivity index (χ2n) is 7.75. The van der Waals surface area contributed by atoms with Crippen molar-refractivity contribution in [2.75, 3.05) is 5.32 Å². The van der Waals surface area contributed by atoms with Crippen LogP contribution in [0, 0.1) is 6.92 Å². The number of thiocarbonyl (C=S) groups is 1. The highest BCUT2D eigenvalue weighted by molar-refractivity contribution is 7.80. The smallest absolute Gasteiger partial charge is 0.257 e. The van der Waals surface area contributed by atoms with Gasteiger partial charge in [-0.05, 0) is 86.6 Å². The van der Waals surface area contributed by atoms with Gasteiger partial charge >= 0.3 is 0 Å². The van der Waals surface area contributed by atoms with Crippen LogP contribution in [0.15, 0.2) is 66.7 Å². The van der Waals surface area contributed by atoms with E-state index in [1.807, 2.05) is 56.3 Å². The predicted molar refractivity (Wildman–Crippen MR) is 134 cm³/mol. The van der Waals surface area contributed by atoms with Crippen molar-refractivity contribution in [1.82, 2.24) is 20.3 Å². The van der Waals surface area contributed by atoms with Gasteiger partial charge in [0.1, 0.15) is 16.8 Å².